The van der Waals surface area contributed by atoms with Crippen molar-refractivity contribution < 1.29 is 78.0 Å². The van der Waals surface area contributed by atoms with E-state index in [1.54, 1.807) is 4.72 Å². The number of hydrogen-bond donors (Lipinski definition) is 4. The number of alkyl halides is 3. The van der Waals surface area contributed by atoms with Crippen LogP contribution in [0.15, 0.2) is 70.2 Å². The van der Waals surface area contributed by atoms with Gasteiger partial charge in [0.2, 0.25) is 10.0 Å². The van der Waals surface area contributed by atoms with E-state index in [4.69, 9.17) is 42.5 Å². The van der Waals surface area contributed by atoms with Gasteiger partial charge in [-0.05, 0) is 66.2 Å². The molecule has 0 aliphatic heterocycles. The zero-order valence-electron chi connectivity index (χ0n) is 33.3. The third-order valence-electron chi connectivity index (χ3n) is 7.14. The van der Waals surface area contributed by atoms with Gasteiger partial charge in [-0.1, -0.05) is 28.4 Å². The lowest BCUT2D eigenvalue weighted by molar-refractivity contribution is -0.385. The van der Waals surface area contributed by atoms with Crippen molar-refractivity contribution in [2.45, 2.75) is 29.8 Å². The molecule has 1 unspecified atom stereocenters. The van der Waals surface area contributed by atoms with Gasteiger partial charge in [0, 0.05) is 34.9 Å². The van der Waals surface area contributed by atoms with E-state index in [1.165, 1.54) is 24.4 Å². The normalized spacial score (nSPS) is 13.4. The molecule has 4 aromatic rings. The number of nitro groups is 1. The molecule has 63 heavy (non-hydrogen) atoms. The molecule has 4 N–H and O–H groups in total. The molecule has 19 nitrogen and oxygen atoms in total. The first kappa shape index (κ1) is 54.5. The van der Waals surface area contributed by atoms with Gasteiger partial charge in [-0.15, -0.1) is 0 Å². The molecule has 3 aromatic carbocycles. The number of hydrogen-bond acceptors (Lipinski definition) is 15. The van der Waals surface area contributed by atoms with Crippen LogP contribution in [0.5, 0.6) is 11.5 Å². The third kappa shape index (κ3) is 19.4. The molecule has 1 fully saturated rings. The molecule has 1 atom stereocenters. The number of sulfonamides is 1. The summed E-state index contributed by atoms with van der Waals surface area (Å²) in [5.74, 6) is -2.51. The number of halogens is 5. The number of carbonyl (C=O) groups excluding carboxylic acids is 2. The largest absolute Gasteiger partial charge is 0.778 e. The molecule has 0 bridgehead atoms. The van der Waals surface area contributed by atoms with Crippen LogP contribution in [0.2, 0.25) is 10.0 Å². The number of rotatable bonds is 13. The van der Waals surface area contributed by atoms with E-state index >= 15 is 0 Å². The summed E-state index contributed by atoms with van der Waals surface area (Å²) in [6.07, 6.45) is 6.23. The first-order chi connectivity index (χ1) is 28.8. The van der Waals surface area contributed by atoms with E-state index < -0.39 is 90.9 Å². The summed E-state index contributed by atoms with van der Waals surface area (Å²) in [5.41, 5.74) is -1.93. The Hall–Kier alpha value is -4.59. The molecule has 0 spiro atoms. The van der Waals surface area contributed by atoms with Gasteiger partial charge in [0.25, 0.3) is 11.6 Å². The van der Waals surface area contributed by atoms with Gasteiger partial charge in [0.15, 0.2) is 21.4 Å². The van der Waals surface area contributed by atoms with Crippen LogP contribution in [-0.4, -0.2) is 98.7 Å². The van der Waals surface area contributed by atoms with Gasteiger partial charge in [-0.25, -0.2) is 21.6 Å². The Morgan fingerprint density at radius 3 is 2.08 bits per heavy atom. The summed E-state index contributed by atoms with van der Waals surface area (Å²) in [6.45, 7) is -0.479. The third-order valence-corrected chi connectivity index (χ3v) is 9.99. The van der Waals surface area contributed by atoms with Crippen molar-refractivity contribution in [3.63, 3.8) is 0 Å². The number of ether oxygens (including phenoxy) is 1. The van der Waals surface area contributed by atoms with Crippen LogP contribution in [0.4, 0.5) is 18.9 Å². The monoisotopic (exact) mass is 1010 g/mol. The van der Waals surface area contributed by atoms with Crippen LogP contribution in [0, 0.1) is 10.1 Å². The molecule has 1 saturated carbocycles. The maximum Gasteiger partial charge on any atom is 0.416 e. The molecule has 1 aliphatic carbocycles. The van der Waals surface area contributed by atoms with Crippen LogP contribution < -0.4 is 19.7 Å². The van der Waals surface area contributed by atoms with Gasteiger partial charge >= 0.3 is 12.1 Å². The van der Waals surface area contributed by atoms with Crippen molar-refractivity contribution in [2.24, 2.45) is 0 Å². The minimum atomic E-state index is -4.62. The molecule has 28 heteroatoms. The molecule has 346 valence electrons. The predicted octanol–water partition coefficient (Wildman–Crippen LogP) is 5.25. The van der Waals surface area contributed by atoms with Gasteiger partial charge in [-0.3, -0.25) is 29.8 Å². The standard InChI is InChI=1S/C15H10ClF3N2O6S.C14H12ClNO4S.C3H8NO5P.C3H9S/c1-28(25,26)20-14(22)10-7-9(3-4-12(10)21(23)24)27-13-5-2-8(6-11(13)16)15(17,18)19;1-21(18,19)12-6-9(15)4-5-10(12)13(17)11-7-16-20-14(11)8-2-3-8;5-3(6)1-4-2-10(7,8)9;1-4(2)3/h2-7H,1H3,(H,20,22);4-8H,2-3H2,1H3;4H,1-2H2,(H,5,6)(H2,7,8,9);1-3H3/q;;;+1/p-1. The van der Waals surface area contributed by atoms with Crippen molar-refractivity contribution in [1.82, 2.24) is 15.2 Å². The van der Waals surface area contributed by atoms with Crippen molar-refractivity contribution in [1.29, 1.82) is 0 Å². The van der Waals surface area contributed by atoms with E-state index in [-0.39, 0.29) is 32.9 Å². The maximum atomic E-state index is 12.7. The summed E-state index contributed by atoms with van der Waals surface area (Å²) in [6, 6.07) is 9.29. The summed E-state index contributed by atoms with van der Waals surface area (Å²) in [7, 11) is -11.3. The molecule has 0 saturated heterocycles. The number of aromatic nitrogens is 1. The number of amides is 1. The fraction of sp³-hybridized carbons (Fsp3) is 0.314. The van der Waals surface area contributed by atoms with Crippen molar-refractivity contribution in [3.05, 3.63) is 109 Å². The highest BCUT2D eigenvalue weighted by molar-refractivity contribution is 7.94. The lowest BCUT2D eigenvalue weighted by atomic mass is 10.0. The summed E-state index contributed by atoms with van der Waals surface area (Å²) in [5, 5.41) is 24.6. The topological polar surface area (TPSA) is 303 Å². The molecule has 1 aromatic heterocycles. The Balaban J connectivity index is 0.000000341. The molecule has 5 rings (SSSR count). The quantitative estimate of drug-likeness (QED) is 0.0437. The SMILES string of the molecule is CS(=O)(=O)NC(=O)c1cc(Oc2ccc(C(F)(F)F)cc2Cl)ccc1[N+](=O)[O-].CS(=O)(=O)c1cc(Cl)ccc1C(=O)c1cnoc1C1CC1.C[S+](C)C.O=C(O)CNCP(=O)([O-])O. The van der Waals surface area contributed by atoms with E-state index in [9.17, 15) is 64.0 Å². The number of nitrogens with zero attached hydrogens (tertiary/aromatic N) is 2. The molecule has 1 amide bonds. The number of sulfone groups is 1. The average Bonchev–Trinajstić information content (AvgIpc) is 3.85. The van der Waals surface area contributed by atoms with Crippen molar-refractivity contribution in [2.75, 3.05) is 44.1 Å². The minimum Gasteiger partial charge on any atom is -0.778 e. The van der Waals surface area contributed by atoms with Crippen LogP contribution in [-0.2, 0) is 46.3 Å². The molecule has 0 radical (unpaired) electrons. The number of carbonyl (C=O) groups is 3. The van der Waals surface area contributed by atoms with Gasteiger partial charge in [-0.2, -0.15) is 13.2 Å². The molecule has 1 heterocycles. The second-order valence-electron chi connectivity index (χ2n) is 13.3. The van der Waals surface area contributed by atoms with Crippen LogP contribution in [0.25, 0.3) is 0 Å². The predicted molar refractivity (Wildman–Crippen MR) is 224 cm³/mol. The van der Waals surface area contributed by atoms with Crippen LogP contribution in [0.1, 0.15) is 56.4 Å². The van der Waals surface area contributed by atoms with E-state index in [0.717, 1.165) is 43.4 Å². The number of carboxylic acids is 1. The summed E-state index contributed by atoms with van der Waals surface area (Å²) >= 11 is 11.6. The van der Waals surface area contributed by atoms with Crippen LogP contribution in [0.3, 0.4) is 0 Å². The number of carboxylic acid groups (broad SMARTS) is 1. The van der Waals surface area contributed by atoms with Gasteiger partial charge in [0.1, 0.15) is 24.7 Å². The molecule has 1 aliphatic rings. The number of ketones is 1. The Bertz CT molecular complexity index is 2590. The van der Waals surface area contributed by atoms with Gasteiger partial charge in [0.05, 0.1) is 70.0 Å². The van der Waals surface area contributed by atoms with E-state index in [2.05, 4.69) is 23.9 Å². The highest BCUT2D eigenvalue weighted by atomic mass is 35.5. The Labute approximate surface area is 370 Å². The molecular formula is C35H38Cl2F3N4O15PS3. The zero-order chi connectivity index (χ0) is 48.2. The fourth-order valence-corrected chi connectivity index (χ4v) is 6.73. The minimum absolute atomic E-state index is 0.0806. The molecular weight excluding hydrogens is 971 g/mol. The van der Waals surface area contributed by atoms with Crippen LogP contribution >= 0.6 is 30.8 Å². The fourth-order valence-electron chi connectivity index (χ4n) is 4.53. The smallest absolute Gasteiger partial charge is 0.416 e. The average molecular weight is 1010 g/mol. The number of benzene rings is 3. The Kier molecular flexibility index (Phi) is 19.8. The van der Waals surface area contributed by atoms with E-state index in [1.807, 2.05) is 5.32 Å². The van der Waals surface area contributed by atoms with Crippen molar-refractivity contribution >= 4 is 84.9 Å². The summed E-state index contributed by atoms with van der Waals surface area (Å²) < 4.78 is 106. The highest BCUT2D eigenvalue weighted by Crippen LogP contribution is 2.42. The number of nitro benzene ring substituents is 1. The zero-order valence-corrected chi connectivity index (χ0v) is 38.2. The number of nitrogens with one attached hydrogen (secondary N) is 2. The second-order valence-corrected chi connectivity index (χ2v) is 22.0. The lowest BCUT2D eigenvalue weighted by Crippen LogP contribution is -2.29. The Morgan fingerprint density at radius 2 is 1.60 bits per heavy atom. The van der Waals surface area contributed by atoms with E-state index in [0.29, 0.717) is 40.6 Å². The van der Waals surface area contributed by atoms with Crippen molar-refractivity contribution in [3.8, 4) is 11.5 Å². The summed E-state index contributed by atoms with van der Waals surface area (Å²) in [4.78, 5) is 62.5. The number of aliphatic carboxylic acids is 1. The maximum absolute atomic E-state index is 12.7. The van der Waals surface area contributed by atoms with Gasteiger partial charge < -0.3 is 28.7 Å². The Morgan fingerprint density at radius 1 is 1.00 bits per heavy atom. The second kappa shape index (κ2) is 22.9. The lowest BCUT2D eigenvalue weighted by Gasteiger charge is -2.14. The highest BCUT2D eigenvalue weighted by Gasteiger charge is 2.34. The first-order valence-corrected chi connectivity index (χ1v) is 25.8. The first-order valence-electron chi connectivity index (χ1n) is 17.1.